The van der Waals surface area contributed by atoms with Crippen LogP contribution in [0.3, 0.4) is 0 Å². The number of ether oxygens (including phenoxy) is 3. The molecule has 0 unspecified atom stereocenters. The molecule has 16 heavy (non-hydrogen) atoms. The van der Waals surface area contributed by atoms with Crippen LogP contribution in [-0.4, -0.2) is 38.5 Å². The van der Waals surface area contributed by atoms with Crippen LogP contribution in [0.5, 0.6) is 5.75 Å². The van der Waals surface area contributed by atoms with Crippen LogP contribution in [0.4, 0.5) is 0 Å². The van der Waals surface area contributed by atoms with Crippen molar-refractivity contribution >= 4 is 15.9 Å². The van der Waals surface area contributed by atoms with Crippen LogP contribution in [0.25, 0.3) is 0 Å². The van der Waals surface area contributed by atoms with Crippen molar-refractivity contribution in [3.05, 3.63) is 24.0 Å². The number of alkyl halides is 1. The summed E-state index contributed by atoms with van der Waals surface area (Å²) in [5.41, 5.74) is 0.990. The van der Waals surface area contributed by atoms with Crippen molar-refractivity contribution in [1.82, 2.24) is 4.98 Å². The summed E-state index contributed by atoms with van der Waals surface area (Å²) < 4.78 is 15.6. The molecule has 0 saturated heterocycles. The van der Waals surface area contributed by atoms with Gasteiger partial charge in [0, 0.05) is 12.4 Å². The number of hydrogen-bond acceptors (Lipinski definition) is 4. The van der Waals surface area contributed by atoms with Gasteiger partial charge >= 0.3 is 0 Å². The third-order valence-electron chi connectivity index (χ3n) is 1.86. The van der Waals surface area contributed by atoms with Crippen LogP contribution in [0.15, 0.2) is 18.3 Å². The van der Waals surface area contributed by atoms with E-state index in [4.69, 9.17) is 14.2 Å². The van der Waals surface area contributed by atoms with Gasteiger partial charge in [-0.1, -0.05) is 15.9 Å². The summed E-state index contributed by atoms with van der Waals surface area (Å²) in [6, 6.07) is 3.83. The van der Waals surface area contributed by atoms with E-state index in [0.29, 0.717) is 26.4 Å². The van der Waals surface area contributed by atoms with Gasteiger partial charge in [0.25, 0.3) is 0 Å². The number of rotatable bonds is 8. The van der Waals surface area contributed by atoms with Crippen molar-refractivity contribution in [2.24, 2.45) is 0 Å². The van der Waals surface area contributed by atoms with Crippen LogP contribution in [0.2, 0.25) is 0 Å². The van der Waals surface area contributed by atoms with Crippen molar-refractivity contribution in [3.63, 3.8) is 0 Å². The van der Waals surface area contributed by atoms with Gasteiger partial charge in [-0.05, 0) is 12.1 Å². The van der Waals surface area contributed by atoms with Gasteiger partial charge in [-0.25, -0.2) is 0 Å². The molecule has 0 aliphatic rings. The molecule has 0 aliphatic carbocycles. The van der Waals surface area contributed by atoms with Crippen LogP contribution in [0.1, 0.15) is 5.69 Å². The predicted molar refractivity (Wildman–Crippen MR) is 65.1 cm³/mol. The molecule has 5 heteroatoms. The lowest BCUT2D eigenvalue weighted by Gasteiger charge is -2.06. The Hall–Kier alpha value is -0.650. The van der Waals surface area contributed by atoms with Crippen molar-refractivity contribution < 1.29 is 14.2 Å². The van der Waals surface area contributed by atoms with Gasteiger partial charge in [-0.2, -0.15) is 0 Å². The first-order valence-corrected chi connectivity index (χ1v) is 6.19. The average molecular weight is 290 g/mol. The average Bonchev–Trinajstić information content (AvgIpc) is 2.34. The first-order valence-electron chi connectivity index (χ1n) is 5.07. The van der Waals surface area contributed by atoms with Gasteiger partial charge in [0.2, 0.25) is 0 Å². The Morgan fingerprint density at radius 2 is 2.00 bits per heavy atom. The maximum Gasteiger partial charge on any atom is 0.137 e. The number of nitrogens with zero attached hydrogens (tertiary/aromatic N) is 1. The van der Waals surface area contributed by atoms with E-state index in [9.17, 15) is 0 Å². The zero-order chi connectivity index (χ0) is 11.6. The first-order chi connectivity index (χ1) is 7.86. The summed E-state index contributed by atoms with van der Waals surface area (Å²) >= 11 is 3.33. The first kappa shape index (κ1) is 13.4. The zero-order valence-corrected chi connectivity index (χ0v) is 10.9. The summed E-state index contributed by atoms with van der Waals surface area (Å²) in [5, 5.41) is 0.757. The molecule has 0 aromatic carbocycles. The van der Waals surface area contributed by atoms with Gasteiger partial charge in [0.1, 0.15) is 12.4 Å². The monoisotopic (exact) mass is 289 g/mol. The standard InChI is InChI=1S/C11H16BrNO3/c1-14-4-5-15-6-7-16-11-3-2-10(8-12)13-9-11/h2-3,9H,4-8H2,1H3. The molecule has 0 spiro atoms. The quantitative estimate of drug-likeness (QED) is 0.542. The maximum absolute atomic E-state index is 5.44. The van der Waals surface area contributed by atoms with Crippen molar-refractivity contribution in [2.45, 2.75) is 5.33 Å². The number of halogens is 1. The largest absolute Gasteiger partial charge is 0.490 e. The minimum atomic E-state index is 0.527. The Balaban J connectivity index is 2.12. The van der Waals surface area contributed by atoms with E-state index in [2.05, 4.69) is 20.9 Å². The van der Waals surface area contributed by atoms with Crippen molar-refractivity contribution in [1.29, 1.82) is 0 Å². The highest BCUT2D eigenvalue weighted by molar-refractivity contribution is 9.08. The second kappa shape index (κ2) is 8.50. The lowest BCUT2D eigenvalue weighted by molar-refractivity contribution is 0.0543. The van der Waals surface area contributed by atoms with Crippen LogP contribution >= 0.6 is 15.9 Å². The van der Waals surface area contributed by atoms with Gasteiger partial charge in [0.15, 0.2) is 0 Å². The number of methoxy groups -OCH3 is 1. The summed E-state index contributed by atoms with van der Waals surface area (Å²) in [6.07, 6.45) is 1.71. The highest BCUT2D eigenvalue weighted by Gasteiger charge is 1.95. The molecule has 4 nitrogen and oxygen atoms in total. The predicted octanol–water partition coefficient (Wildman–Crippen LogP) is 2.02. The molecule has 0 fully saturated rings. The highest BCUT2D eigenvalue weighted by atomic mass is 79.9. The van der Waals surface area contributed by atoms with E-state index in [1.807, 2.05) is 12.1 Å². The topological polar surface area (TPSA) is 40.6 Å². The summed E-state index contributed by atoms with van der Waals surface area (Å²) in [6.45, 7) is 2.30. The van der Waals surface area contributed by atoms with Crippen LogP contribution in [0, 0.1) is 0 Å². The van der Waals surface area contributed by atoms with E-state index >= 15 is 0 Å². The van der Waals surface area contributed by atoms with E-state index in [-0.39, 0.29) is 0 Å². The highest BCUT2D eigenvalue weighted by Crippen LogP contribution is 2.10. The third-order valence-corrected chi connectivity index (χ3v) is 2.44. The van der Waals surface area contributed by atoms with E-state index < -0.39 is 0 Å². The fourth-order valence-electron chi connectivity index (χ4n) is 1.04. The molecule has 0 saturated carbocycles. The molecule has 1 rings (SSSR count). The van der Waals surface area contributed by atoms with E-state index in [0.717, 1.165) is 16.8 Å². The molecular weight excluding hydrogens is 274 g/mol. The van der Waals surface area contributed by atoms with Gasteiger partial charge in [0.05, 0.1) is 31.7 Å². The van der Waals surface area contributed by atoms with Gasteiger partial charge in [-0.15, -0.1) is 0 Å². The Labute approximate surface area is 104 Å². The van der Waals surface area contributed by atoms with E-state index in [1.54, 1.807) is 13.3 Å². The summed E-state index contributed by atoms with van der Waals surface area (Å²) in [5.74, 6) is 0.764. The number of aromatic nitrogens is 1. The molecule has 0 N–H and O–H groups in total. The fourth-order valence-corrected chi connectivity index (χ4v) is 1.37. The van der Waals surface area contributed by atoms with Crippen LogP contribution < -0.4 is 4.74 Å². The second-order valence-electron chi connectivity index (χ2n) is 3.07. The van der Waals surface area contributed by atoms with E-state index in [1.165, 1.54) is 0 Å². The summed E-state index contributed by atoms with van der Waals surface area (Å²) in [7, 11) is 1.65. The van der Waals surface area contributed by atoms with Gasteiger partial charge in [-0.3, -0.25) is 4.98 Å². The lowest BCUT2D eigenvalue weighted by Crippen LogP contribution is -2.10. The Morgan fingerprint density at radius 1 is 1.19 bits per heavy atom. The Kier molecular flexibility index (Phi) is 7.12. The molecule has 0 radical (unpaired) electrons. The molecule has 0 aliphatic heterocycles. The SMILES string of the molecule is COCCOCCOc1ccc(CBr)nc1. The minimum absolute atomic E-state index is 0.527. The Morgan fingerprint density at radius 3 is 2.62 bits per heavy atom. The molecule has 1 aromatic heterocycles. The molecule has 0 bridgehead atoms. The third kappa shape index (κ3) is 5.44. The molecule has 1 aromatic rings. The van der Waals surface area contributed by atoms with Crippen molar-refractivity contribution in [2.75, 3.05) is 33.5 Å². The van der Waals surface area contributed by atoms with Gasteiger partial charge < -0.3 is 14.2 Å². The zero-order valence-electron chi connectivity index (χ0n) is 9.32. The Bertz CT molecular complexity index is 279. The normalized spacial score (nSPS) is 10.4. The molecule has 0 atom stereocenters. The van der Waals surface area contributed by atoms with Crippen LogP contribution in [-0.2, 0) is 14.8 Å². The molecular formula is C11H16BrNO3. The fraction of sp³-hybridized carbons (Fsp3) is 0.545. The smallest absolute Gasteiger partial charge is 0.137 e. The maximum atomic E-state index is 5.44. The molecule has 1 heterocycles. The lowest BCUT2D eigenvalue weighted by atomic mass is 10.4. The minimum Gasteiger partial charge on any atom is -0.490 e. The molecule has 90 valence electrons. The second-order valence-corrected chi connectivity index (χ2v) is 3.63. The summed E-state index contributed by atoms with van der Waals surface area (Å²) in [4.78, 5) is 4.19. The number of pyridine rings is 1. The van der Waals surface area contributed by atoms with Crippen molar-refractivity contribution in [3.8, 4) is 5.75 Å². The molecule has 0 amide bonds. The number of hydrogen-bond donors (Lipinski definition) is 0.